The van der Waals surface area contributed by atoms with Crippen molar-refractivity contribution in [3.63, 3.8) is 0 Å². The number of carbonyl (C=O) groups excluding carboxylic acids is 1. The summed E-state index contributed by atoms with van der Waals surface area (Å²) in [5.74, 6) is 0.0473. The van der Waals surface area contributed by atoms with Gasteiger partial charge in [0.05, 0.1) is 43.9 Å². The molecule has 2 heterocycles. The molecule has 0 aliphatic carbocycles. The Hall–Kier alpha value is -2.69. The number of hydrogen-bond donors (Lipinski definition) is 2. The fourth-order valence-corrected chi connectivity index (χ4v) is 4.94. The first-order chi connectivity index (χ1) is 18.3. The zero-order chi connectivity index (χ0) is 27.1. The van der Waals surface area contributed by atoms with Crippen LogP contribution in [-0.4, -0.2) is 80.8 Å². The van der Waals surface area contributed by atoms with E-state index < -0.39 is 18.2 Å². The van der Waals surface area contributed by atoms with Gasteiger partial charge in [0.15, 0.2) is 6.29 Å². The van der Waals surface area contributed by atoms with E-state index in [1.54, 1.807) is 5.06 Å². The molecular formula is C29H41N3O6. The molecule has 0 aromatic heterocycles. The second-order valence-electron chi connectivity index (χ2n) is 10.5. The number of nitrogens with one attached hydrogen (secondary N) is 1. The first-order valence-electron chi connectivity index (χ1n) is 13.4. The van der Waals surface area contributed by atoms with Crippen LogP contribution in [0.4, 0.5) is 10.5 Å². The maximum Gasteiger partial charge on any atom is 0.407 e. The fourth-order valence-electron chi connectivity index (χ4n) is 4.94. The van der Waals surface area contributed by atoms with Gasteiger partial charge in [-0.1, -0.05) is 42.5 Å². The SMILES string of the molecule is CC(C)ON(Cc1cccc(N(C)C)c1)CC(O)C(Cc1ccccc1)NC(=O)OC1COC2OCCC12. The van der Waals surface area contributed by atoms with E-state index in [9.17, 15) is 9.90 Å². The van der Waals surface area contributed by atoms with Gasteiger partial charge in [-0.3, -0.25) is 4.84 Å². The molecule has 1 amide bonds. The molecule has 2 saturated heterocycles. The van der Waals surface area contributed by atoms with Gasteiger partial charge in [-0.25, -0.2) is 4.79 Å². The lowest BCUT2D eigenvalue weighted by Gasteiger charge is -2.31. The molecule has 0 spiro atoms. The van der Waals surface area contributed by atoms with E-state index in [1.807, 2.05) is 81.4 Å². The van der Waals surface area contributed by atoms with E-state index in [2.05, 4.69) is 11.4 Å². The van der Waals surface area contributed by atoms with Crippen LogP contribution >= 0.6 is 0 Å². The molecule has 2 aliphatic rings. The summed E-state index contributed by atoms with van der Waals surface area (Å²) in [5.41, 5.74) is 3.15. The fraction of sp³-hybridized carbons (Fsp3) is 0.552. The Morgan fingerprint density at radius 2 is 1.87 bits per heavy atom. The molecular weight excluding hydrogens is 486 g/mol. The average molecular weight is 528 g/mol. The van der Waals surface area contributed by atoms with Crippen molar-refractivity contribution in [1.29, 1.82) is 0 Å². The summed E-state index contributed by atoms with van der Waals surface area (Å²) in [6.45, 7) is 5.52. The number of rotatable bonds is 12. The average Bonchev–Trinajstić information content (AvgIpc) is 3.49. The first-order valence-corrected chi connectivity index (χ1v) is 13.4. The predicted molar refractivity (Wildman–Crippen MR) is 145 cm³/mol. The molecule has 9 nitrogen and oxygen atoms in total. The Balaban J connectivity index is 1.44. The zero-order valence-electron chi connectivity index (χ0n) is 22.8. The number of benzene rings is 2. The highest BCUT2D eigenvalue weighted by atomic mass is 16.7. The molecule has 2 aliphatic heterocycles. The normalized spacial score (nSPS) is 22.3. The summed E-state index contributed by atoms with van der Waals surface area (Å²) in [6.07, 6.45) is -0.974. The Labute approximate surface area is 225 Å². The van der Waals surface area contributed by atoms with Gasteiger partial charge in [0.1, 0.15) is 6.10 Å². The quantitative estimate of drug-likeness (QED) is 0.406. The van der Waals surface area contributed by atoms with E-state index in [-0.39, 0.29) is 31.0 Å². The largest absolute Gasteiger partial charge is 0.443 e. The van der Waals surface area contributed by atoms with Crippen LogP contribution in [0.2, 0.25) is 0 Å². The molecule has 5 unspecified atom stereocenters. The lowest BCUT2D eigenvalue weighted by atomic mass is 10.0. The Morgan fingerprint density at radius 3 is 2.61 bits per heavy atom. The number of fused-ring (bicyclic) bond motifs is 1. The van der Waals surface area contributed by atoms with Gasteiger partial charge in [-0.2, -0.15) is 5.06 Å². The summed E-state index contributed by atoms with van der Waals surface area (Å²) >= 11 is 0. The third-order valence-electron chi connectivity index (χ3n) is 6.85. The van der Waals surface area contributed by atoms with E-state index >= 15 is 0 Å². The smallest absolute Gasteiger partial charge is 0.407 e. The molecule has 0 radical (unpaired) electrons. The Bertz CT molecular complexity index is 1020. The van der Waals surface area contributed by atoms with Crippen LogP contribution in [0.3, 0.4) is 0 Å². The van der Waals surface area contributed by atoms with Crippen molar-refractivity contribution < 1.29 is 28.9 Å². The van der Waals surface area contributed by atoms with Gasteiger partial charge in [0.2, 0.25) is 0 Å². The van der Waals surface area contributed by atoms with Gasteiger partial charge in [0, 0.05) is 26.3 Å². The number of ether oxygens (including phenoxy) is 3. The molecule has 208 valence electrons. The number of nitrogens with zero attached hydrogens (tertiary/aromatic N) is 2. The lowest BCUT2D eigenvalue weighted by Crippen LogP contribution is -2.50. The van der Waals surface area contributed by atoms with Gasteiger partial charge in [0.25, 0.3) is 0 Å². The van der Waals surface area contributed by atoms with Crippen LogP contribution < -0.4 is 10.2 Å². The van der Waals surface area contributed by atoms with Gasteiger partial charge < -0.3 is 29.5 Å². The number of aliphatic hydroxyl groups excluding tert-OH is 1. The number of aliphatic hydroxyl groups is 1. The van der Waals surface area contributed by atoms with Crippen molar-refractivity contribution >= 4 is 11.8 Å². The monoisotopic (exact) mass is 527 g/mol. The van der Waals surface area contributed by atoms with Crippen LogP contribution in [0.15, 0.2) is 54.6 Å². The Morgan fingerprint density at radius 1 is 1.11 bits per heavy atom. The van der Waals surface area contributed by atoms with Gasteiger partial charge >= 0.3 is 6.09 Å². The molecule has 38 heavy (non-hydrogen) atoms. The van der Waals surface area contributed by atoms with E-state index in [0.29, 0.717) is 26.2 Å². The van der Waals surface area contributed by atoms with Gasteiger partial charge in [-0.15, -0.1) is 0 Å². The first kappa shape index (κ1) is 28.3. The van der Waals surface area contributed by atoms with Crippen molar-refractivity contribution in [2.75, 3.05) is 38.8 Å². The molecule has 2 fully saturated rings. The molecule has 2 N–H and O–H groups in total. The number of amides is 1. The molecule has 5 atom stereocenters. The minimum absolute atomic E-state index is 0.0473. The van der Waals surface area contributed by atoms with Crippen molar-refractivity contribution in [3.8, 4) is 0 Å². The third-order valence-corrected chi connectivity index (χ3v) is 6.85. The van der Waals surface area contributed by atoms with E-state index in [1.165, 1.54) is 0 Å². The van der Waals surface area contributed by atoms with Crippen LogP contribution in [0, 0.1) is 5.92 Å². The molecule has 0 saturated carbocycles. The maximum atomic E-state index is 13.0. The minimum atomic E-state index is -0.916. The second kappa shape index (κ2) is 13.4. The highest BCUT2D eigenvalue weighted by Crippen LogP contribution is 2.33. The molecule has 2 aromatic carbocycles. The minimum Gasteiger partial charge on any atom is -0.443 e. The van der Waals surface area contributed by atoms with E-state index in [4.69, 9.17) is 19.0 Å². The molecule has 9 heteroatoms. The number of alkyl carbamates (subject to hydrolysis) is 1. The van der Waals surface area contributed by atoms with Crippen molar-refractivity contribution in [2.45, 2.75) is 63.9 Å². The van der Waals surface area contributed by atoms with Crippen LogP contribution in [0.5, 0.6) is 0 Å². The third kappa shape index (κ3) is 7.91. The van der Waals surface area contributed by atoms with Crippen LogP contribution in [-0.2, 0) is 32.0 Å². The molecule has 4 rings (SSSR count). The molecule has 0 bridgehead atoms. The highest BCUT2D eigenvalue weighted by molar-refractivity contribution is 5.68. The Kier molecular flexibility index (Phi) is 9.98. The lowest BCUT2D eigenvalue weighted by molar-refractivity contribution is -0.207. The van der Waals surface area contributed by atoms with Crippen molar-refractivity contribution in [1.82, 2.24) is 10.4 Å². The number of carbonyl (C=O) groups is 1. The van der Waals surface area contributed by atoms with Crippen molar-refractivity contribution in [2.24, 2.45) is 5.92 Å². The van der Waals surface area contributed by atoms with Gasteiger partial charge in [-0.05, 0) is 49.9 Å². The standard InChI is InChI=1S/C29H41N3O6/c1-20(2)38-32(17-22-11-8-12-23(15-22)31(3)4)18-26(33)25(16-21-9-6-5-7-10-21)30-29(34)37-27-19-36-28-24(27)13-14-35-28/h5-12,15,20,24-28,33H,13-14,16-19H2,1-4H3,(H,30,34). The number of hydroxylamine groups is 2. The topological polar surface area (TPSA) is 92.7 Å². The second-order valence-corrected chi connectivity index (χ2v) is 10.5. The predicted octanol–water partition coefficient (Wildman–Crippen LogP) is 3.35. The van der Waals surface area contributed by atoms with Crippen LogP contribution in [0.1, 0.15) is 31.4 Å². The summed E-state index contributed by atoms with van der Waals surface area (Å²) < 4.78 is 16.9. The summed E-state index contributed by atoms with van der Waals surface area (Å²) in [7, 11) is 4.00. The maximum absolute atomic E-state index is 13.0. The summed E-state index contributed by atoms with van der Waals surface area (Å²) in [6, 6.07) is 17.4. The van der Waals surface area contributed by atoms with Crippen molar-refractivity contribution in [3.05, 3.63) is 65.7 Å². The van der Waals surface area contributed by atoms with E-state index in [0.717, 1.165) is 23.2 Å². The highest BCUT2D eigenvalue weighted by Gasteiger charge is 2.44. The zero-order valence-corrected chi connectivity index (χ0v) is 22.8. The molecule has 2 aromatic rings. The summed E-state index contributed by atoms with van der Waals surface area (Å²) in [5, 5.41) is 16.1. The number of anilines is 1. The van der Waals surface area contributed by atoms with Crippen LogP contribution in [0.25, 0.3) is 0 Å². The summed E-state index contributed by atoms with van der Waals surface area (Å²) in [4.78, 5) is 21.1. The number of hydrogen-bond acceptors (Lipinski definition) is 8.